The summed E-state index contributed by atoms with van der Waals surface area (Å²) in [6, 6.07) is 21.3. The first kappa shape index (κ1) is 50.0. The highest BCUT2D eigenvalue weighted by molar-refractivity contribution is 6.64. The summed E-state index contributed by atoms with van der Waals surface area (Å²) in [5.41, 5.74) is 18.1. The van der Waals surface area contributed by atoms with Crippen LogP contribution in [0, 0.1) is 34.0 Å². The maximum absolute atomic E-state index is 7.53. The van der Waals surface area contributed by atoms with E-state index in [1.807, 2.05) is 6.08 Å². The first-order valence-electron chi connectivity index (χ1n) is 28.2. The van der Waals surface area contributed by atoms with Crippen LogP contribution in [0.2, 0.25) is 0 Å². The third-order valence-electron chi connectivity index (χ3n) is 20.6. The number of anilines is 2. The van der Waals surface area contributed by atoms with Crippen molar-refractivity contribution in [1.29, 1.82) is 0 Å². The Morgan fingerprint density at radius 2 is 1.32 bits per heavy atom. The highest BCUT2D eigenvalue weighted by Crippen LogP contribution is 2.59. The van der Waals surface area contributed by atoms with E-state index in [1.54, 1.807) is 0 Å². The quantitative estimate of drug-likeness (QED) is 0.186. The molecule has 1 radical (unpaired) electrons. The van der Waals surface area contributed by atoms with Gasteiger partial charge in [-0.25, -0.2) is 0 Å². The molecular formula is C69H84BN2O. The van der Waals surface area contributed by atoms with E-state index < -0.39 is 0 Å². The van der Waals surface area contributed by atoms with Gasteiger partial charge in [0.15, 0.2) is 13.2 Å². The second-order valence-electron chi connectivity index (χ2n) is 27.9. The molecule has 1 aromatic heterocycles. The molecular weight excluding hydrogens is 884 g/mol. The van der Waals surface area contributed by atoms with Crippen molar-refractivity contribution in [2.75, 3.05) is 9.80 Å². The van der Waals surface area contributed by atoms with E-state index >= 15 is 0 Å². The third-order valence-corrected chi connectivity index (χ3v) is 20.6. The molecule has 73 heavy (non-hydrogen) atoms. The summed E-state index contributed by atoms with van der Waals surface area (Å²) < 4.78 is 7.53. The summed E-state index contributed by atoms with van der Waals surface area (Å²) in [5, 5.41) is 1.18. The lowest BCUT2D eigenvalue weighted by Gasteiger charge is -2.52. The predicted molar refractivity (Wildman–Crippen MR) is 313 cm³/mol. The van der Waals surface area contributed by atoms with E-state index in [2.05, 4.69) is 217 Å². The molecule has 1 aliphatic heterocycles. The van der Waals surface area contributed by atoms with Crippen LogP contribution in [0.25, 0.3) is 22.1 Å². The number of hydrogen-bond donors (Lipinski definition) is 0. The van der Waals surface area contributed by atoms with Crippen molar-refractivity contribution < 1.29 is 4.42 Å². The largest absolute Gasteiger partial charge is 0.440 e. The maximum Gasteiger partial charge on any atom is 0.199 e. The molecule has 2 bridgehead atoms. The van der Waals surface area contributed by atoms with Gasteiger partial charge in [-0.1, -0.05) is 158 Å². The number of rotatable bonds is 5. The van der Waals surface area contributed by atoms with Crippen LogP contribution in [0.5, 0.6) is 0 Å². The normalized spacial score (nSPS) is 31.6. The minimum atomic E-state index is -0.0551. The number of hydrogen-bond acceptors (Lipinski definition) is 3. The van der Waals surface area contributed by atoms with E-state index in [-0.39, 0.29) is 37.9 Å². The van der Waals surface area contributed by atoms with Gasteiger partial charge in [0.25, 0.3) is 0 Å². The van der Waals surface area contributed by atoms with Crippen molar-refractivity contribution in [1.82, 2.24) is 0 Å². The fourth-order valence-corrected chi connectivity index (χ4v) is 14.8. The molecule has 3 atom stereocenters. The molecule has 379 valence electrons. The Bertz CT molecular complexity index is 3120. The van der Waals surface area contributed by atoms with Crippen LogP contribution in [0.1, 0.15) is 176 Å². The monoisotopic (exact) mass is 968 g/mol. The topological polar surface area (TPSA) is 19.6 Å². The minimum absolute atomic E-state index is 0.0000936. The second-order valence-corrected chi connectivity index (χ2v) is 27.9. The van der Waals surface area contributed by atoms with Gasteiger partial charge in [-0.05, 0) is 213 Å². The molecule has 0 amide bonds. The molecule has 3 nitrogen and oxygen atoms in total. The van der Waals surface area contributed by atoms with Crippen molar-refractivity contribution in [2.24, 2.45) is 34.0 Å². The Kier molecular flexibility index (Phi) is 11.7. The van der Waals surface area contributed by atoms with Crippen LogP contribution >= 0.6 is 0 Å². The zero-order valence-corrected chi connectivity index (χ0v) is 47.0. The lowest BCUT2D eigenvalue weighted by atomic mass is 9.52. The molecule has 7 aliphatic carbocycles. The molecule has 4 heteroatoms. The van der Waals surface area contributed by atoms with Gasteiger partial charge in [-0.3, -0.25) is 4.90 Å². The third kappa shape index (κ3) is 8.21. The Morgan fingerprint density at radius 3 is 1.97 bits per heavy atom. The first-order valence-corrected chi connectivity index (χ1v) is 28.2. The highest BCUT2D eigenvalue weighted by atomic mass is 16.4. The number of furan rings is 1. The van der Waals surface area contributed by atoms with E-state index in [0.29, 0.717) is 17.8 Å². The lowest BCUT2D eigenvalue weighted by Crippen LogP contribution is -2.44. The van der Waals surface area contributed by atoms with Crippen molar-refractivity contribution in [3.63, 3.8) is 0 Å². The van der Waals surface area contributed by atoms with Gasteiger partial charge < -0.3 is 9.32 Å². The van der Waals surface area contributed by atoms with E-state index in [1.165, 1.54) is 94.1 Å². The fraction of sp³-hybridized carbons (Fsp3) is 0.478. The second kappa shape index (κ2) is 17.2. The zero-order chi connectivity index (χ0) is 51.8. The summed E-state index contributed by atoms with van der Waals surface area (Å²) in [4.78, 5) is 4.96. The number of benzene rings is 3. The maximum atomic E-state index is 7.53. The Morgan fingerprint density at radius 1 is 0.685 bits per heavy atom. The van der Waals surface area contributed by atoms with E-state index in [0.717, 1.165) is 59.7 Å². The van der Waals surface area contributed by atoms with Crippen LogP contribution in [0.4, 0.5) is 11.6 Å². The van der Waals surface area contributed by atoms with Crippen LogP contribution < -0.4 is 15.3 Å². The van der Waals surface area contributed by atoms with Gasteiger partial charge in [0.05, 0.1) is 11.4 Å². The van der Waals surface area contributed by atoms with Gasteiger partial charge in [0.2, 0.25) is 0 Å². The molecule has 3 fully saturated rings. The van der Waals surface area contributed by atoms with Crippen LogP contribution in [-0.4, -0.2) is 7.28 Å². The van der Waals surface area contributed by atoms with Gasteiger partial charge in [-0.15, -0.1) is 0 Å². The molecule has 4 aromatic rings. The molecule has 12 rings (SSSR count). The standard InChI is InChI=1S/C69H84BN2O/c1-16-20-47-26-36-71(59-41-56-55(66(10,11)30-31-67(56,12)13)39-50(59)46-21-18-17-19-22-46)49(38-53-45(3)44(2)25-27-63(53,4)5)43-70-61-51-40-57-58(69(15)34-32-68(57,14)33-35-69)42-60(51)73-62(61)72(47)48-23-24-52-54(37-48)65(8,9)29-28-64(52,6)7/h16-24,26,36-44,52,54H,1,3,25,27-35H2,2,4-15H3/b36-26+,47-20+,49-43-,53-38+. The van der Waals surface area contributed by atoms with Crippen LogP contribution in [0.15, 0.2) is 155 Å². The van der Waals surface area contributed by atoms with Gasteiger partial charge >= 0.3 is 0 Å². The van der Waals surface area contributed by atoms with Gasteiger partial charge in [0.1, 0.15) is 5.58 Å². The van der Waals surface area contributed by atoms with Crippen molar-refractivity contribution >= 4 is 35.3 Å². The van der Waals surface area contributed by atoms with Crippen LogP contribution in [0.3, 0.4) is 0 Å². The van der Waals surface area contributed by atoms with Gasteiger partial charge in [-0.2, -0.15) is 0 Å². The minimum Gasteiger partial charge on any atom is -0.440 e. The summed E-state index contributed by atoms with van der Waals surface area (Å²) in [6.07, 6.45) is 30.8. The van der Waals surface area contributed by atoms with Gasteiger partial charge in [0, 0.05) is 28.5 Å². The lowest BCUT2D eigenvalue weighted by molar-refractivity contribution is 0.0326. The van der Waals surface area contributed by atoms with E-state index in [9.17, 15) is 0 Å². The molecule has 3 unspecified atom stereocenters. The fourth-order valence-electron chi connectivity index (χ4n) is 14.8. The summed E-state index contributed by atoms with van der Waals surface area (Å²) in [7, 11) is 2.41. The molecule has 8 aliphatic rings. The number of nitrogens with zero attached hydrogens (tertiary/aromatic N) is 2. The number of allylic oxidation sites excluding steroid dienone is 9. The average Bonchev–Trinajstić information content (AvgIpc) is 3.70. The Hall–Kier alpha value is -5.22. The Labute approximate surface area is 441 Å². The summed E-state index contributed by atoms with van der Waals surface area (Å²) in [6.45, 7) is 41.2. The molecule has 3 saturated carbocycles. The molecule has 0 N–H and O–H groups in total. The highest BCUT2D eigenvalue weighted by Gasteiger charge is 2.50. The molecule has 0 saturated heterocycles. The average molecular weight is 968 g/mol. The molecule has 0 spiro atoms. The van der Waals surface area contributed by atoms with Crippen molar-refractivity contribution in [3.05, 3.63) is 173 Å². The Balaban J connectivity index is 1.23. The van der Waals surface area contributed by atoms with Crippen LogP contribution in [-0.2, 0) is 21.7 Å². The number of fused-ring (bicyclic) bond motifs is 7. The molecule has 2 heterocycles. The van der Waals surface area contributed by atoms with Crippen molar-refractivity contribution in [3.8, 4) is 11.1 Å². The smallest absolute Gasteiger partial charge is 0.199 e. The molecule has 3 aromatic carbocycles. The van der Waals surface area contributed by atoms with Crippen molar-refractivity contribution in [2.45, 2.75) is 176 Å². The SMILES string of the molecule is C=C/C=C1\C=C\N(c2cc3c(cc2-c2ccccc2)C(C)(C)CCC3(C)C)C(/C=C2\C(=C)C(C)CCC2(C)C)=C\[B]c2c(oc3cc4c(cc23)C2(C)CCC4(C)CC2)N1C1=CC2C(C=C1)C(C)(C)CCC2(C)C. The summed E-state index contributed by atoms with van der Waals surface area (Å²) >= 11 is 0. The summed E-state index contributed by atoms with van der Waals surface area (Å²) in [5.74, 6) is 4.48. The first-order chi connectivity index (χ1) is 34.4. The van der Waals surface area contributed by atoms with E-state index in [4.69, 9.17) is 11.0 Å². The zero-order valence-electron chi connectivity index (χ0n) is 47.0. The predicted octanol–water partition coefficient (Wildman–Crippen LogP) is 18.1.